The number of aryl methyl sites for hydroxylation is 1. The van der Waals surface area contributed by atoms with E-state index in [0.29, 0.717) is 6.54 Å². The van der Waals surface area contributed by atoms with Crippen LogP contribution in [-0.2, 0) is 12.3 Å². The van der Waals surface area contributed by atoms with E-state index in [1.807, 2.05) is 36.4 Å². The molecule has 30 heavy (non-hydrogen) atoms. The molecule has 0 aliphatic heterocycles. The summed E-state index contributed by atoms with van der Waals surface area (Å²) in [6, 6.07) is 16.3. The second-order valence-electron chi connectivity index (χ2n) is 6.74. The van der Waals surface area contributed by atoms with Gasteiger partial charge < -0.3 is 4.74 Å². The molecule has 0 N–H and O–H groups in total. The topological polar surface area (TPSA) is 52.8 Å². The van der Waals surface area contributed by atoms with Crippen molar-refractivity contribution in [2.75, 3.05) is 7.11 Å². The van der Waals surface area contributed by atoms with E-state index in [0.717, 1.165) is 44.3 Å². The van der Waals surface area contributed by atoms with Gasteiger partial charge in [0, 0.05) is 28.8 Å². The standard InChI is InChI=1S/C23H22N4OS2/c1-4-12-27-21(18-7-5-6-16(2)13-18)25-26-23(27)30-15-19-14-29-22(24-19)17-8-10-20(28-3)11-9-17/h4-11,13-14H,1,12,15H2,2-3H3. The summed E-state index contributed by atoms with van der Waals surface area (Å²) in [4.78, 5) is 4.78. The summed E-state index contributed by atoms with van der Waals surface area (Å²) >= 11 is 3.29. The van der Waals surface area contributed by atoms with Crippen LogP contribution in [0.3, 0.4) is 0 Å². The number of aromatic nitrogens is 4. The average molecular weight is 435 g/mol. The molecule has 0 atom stereocenters. The predicted octanol–water partition coefficient (Wildman–Crippen LogP) is 5.86. The fourth-order valence-electron chi connectivity index (χ4n) is 3.06. The Morgan fingerprint density at radius 1 is 1.13 bits per heavy atom. The Morgan fingerprint density at radius 3 is 2.70 bits per heavy atom. The third-order valence-electron chi connectivity index (χ3n) is 4.54. The molecular formula is C23H22N4OS2. The summed E-state index contributed by atoms with van der Waals surface area (Å²) in [6.45, 7) is 6.63. The van der Waals surface area contributed by atoms with Crippen LogP contribution >= 0.6 is 23.1 Å². The van der Waals surface area contributed by atoms with Gasteiger partial charge in [-0.05, 0) is 37.3 Å². The first-order chi connectivity index (χ1) is 14.7. The lowest BCUT2D eigenvalue weighted by atomic mass is 10.1. The van der Waals surface area contributed by atoms with Crippen LogP contribution in [0.5, 0.6) is 5.75 Å². The summed E-state index contributed by atoms with van der Waals surface area (Å²) in [6.07, 6.45) is 1.87. The van der Waals surface area contributed by atoms with Gasteiger partial charge in [0.15, 0.2) is 11.0 Å². The minimum absolute atomic E-state index is 0.659. The lowest BCUT2D eigenvalue weighted by Crippen LogP contribution is -2.01. The van der Waals surface area contributed by atoms with Gasteiger partial charge in [0.2, 0.25) is 0 Å². The van der Waals surface area contributed by atoms with Crippen molar-refractivity contribution in [2.45, 2.75) is 24.4 Å². The molecule has 4 aromatic rings. The van der Waals surface area contributed by atoms with Crippen LogP contribution in [0.4, 0.5) is 0 Å². The molecule has 0 bridgehead atoms. The molecule has 4 rings (SSSR count). The van der Waals surface area contributed by atoms with Gasteiger partial charge in [-0.3, -0.25) is 4.57 Å². The Balaban J connectivity index is 1.51. The van der Waals surface area contributed by atoms with Crippen molar-refractivity contribution in [3.05, 3.63) is 77.8 Å². The first kappa shape index (κ1) is 20.4. The molecule has 0 spiro atoms. The molecule has 152 valence electrons. The minimum Gasteiger partial charge on any atom is -0.497 e. The van der Waals surface area contributed by atoms with Gasteiger partial charge in [-0.25, -0.2) is 4.98 Å². The molecule has 0 saturated heterocycles. The Bertz CT molecular complexity index is 1150. The Labute approximate surface area is 184 Å². The molecule has 7 heteroatoms. The lowest BCUT2D eigenvalue weighted by Gasteiger charge is -2.07. The van der Waals surface area contributed by atoms with Gasteiger partial charge in [-0.15, -0.1) is 28.1 Å². The SMILES string of the molecule is C=CCn1c(SCc2csc(-c3ccc(OC)cc3)n2)nnc1-c1cccc(C)c1. The van der Waals surface area contributed by atoms with Crippen LogP contribution in [0.1, 0.15) is 11.3 Å². The monoisotopic (exact) mass is 434 g/mol. The molecule has 0 aliphatic rings. The van der Waals surface area contributed by atoms with Gasteiger partial charge >= 0.3 is 0 Å². The Hall–Kier alpha value is -2.90. The maximum atomic E-state index is 5.23. The van der Waals surface area contributed by atoms with Gasteiger partial charge in [0.1, 0.15) is 10.8 Å². The zero-order valence-electron chi connectivity index (χ0n) is 16.9. The largest absolute Gasteiger partial charge is 0.497 e. The van der Waals surface area contributed by atoms with E-state index < -0.39 is 0 Å². The third kappa shape index (κ3) is 4.47. The van der Waals surface area contributed by atoms with E-state index in [-0.39, 0.29) is 0 Å². The Kier molecular flexibility index (Phi) is 6.30. The van der Waals surface area contributed by atoms with E-state index in [9.17, 15) is 0 Å². The molecule has 0 amide bonds. The van der Waals surface area contributed by atoms with Crippen LogP contribution in [0, 0.1) is 6.92 Å². The molecule has 2 aromatic heterocycles. The van der Waals surface area contributed by atoms with Crippen LogP contribution in [0.2, 0.25) is 0 Å². The second-order valence-corrected chi connectivity index (χ2v) is 8.54. The van der Waals surface area contributed by atoms with Crippen LogP contribution in [-0.4, -0.2) is 26.9 Å². The number of nitrogens with zero attached hydrogens (tertiary/aromatic N) is 4. The van der Waals surface area contributed by atoms with Crippen LogP contribution < -0.4 is 4.74 Å². The molecule has 2 aromatic carbocycles. The normalized spacial score (nSPS) is 10.9. The number of allylic oxidation sites excluding steroid dienone is 1. The van der Waals surface area contributed by atoms with Crippen molar-refractivity contribution >= 4 is 23.1 Å². The highest BCUT2D eigenvalue weighted by Gasteiger charge is 2.15. The lowest BCUT2D eigenvalue weighted by molar-refractivity contribution is 0.415. The van der Waals surface area contributed by atoms with Crippen molar-refractivity contribution in [1.82, 2.24) is 19.7 Å². The molecule has 0 saturated carbocycles. The maximum absolute atomic E-state index is 5.23. The highest BCUT2D eigenvalue weighted by Crippen LogP contribution is 2.30. The molecule has 0 fully saturated rings. The zero-order chi connectivity index (χ0) is 20.9. The first-order valence-corrected chi connectivity index (χ1v) is 11.4. The number of ether oxygens (including phenoxy) is 1. The second kappa shape index (κ2) is 9.28. The number of methoxy groups -OCH3 is 1. The van der Waals surface area contributed by atoms with Crippen molar-refractivity contribution in [3.63, 3.8) is 0 Å². The first-order valence-electron chi connectivity index (χ1n) is 9.50. The van der Waals surface area contributed by atoms with Crippen molar-refractivity contribution in [3.8, 4) is 27.7 Å². The average Bonchev–Trinajstić information content (AvgIpc) is 3.40. The molecule has 5 nitrogen and oxygen atoms in total. The number of thiazole rings is 1. The summed E-state index contributed by atoms with van der Waals surface area (Å²) in [5.74, 6) is 2.44. The summed E-state index contributed by atoms with van der Waals surface area (Å²) < 4.78 is 7.33. The van der Waals surface area contributed by atoms with Crippen LogP contribution in [0.15, 0.2) is 71.7 Å². The predicted molar refractivity (Wildman–Crippen MR) is 124 cm³/mol. The van der Waals surface area contributed by atoms with Crippen LogP contribution in [0.25, 0.3) is 22.0 Å². The molecule has 2 heterocycles. The molecule has 0 unspecified atom stereocenters. The quantitative estimate of drug-likeness (QED) is 0.257. The van der Waals surface area contributed by atoms with Gasteiger partial charge in [-0.2, -0.15) is 0 Å². The van der Waals surface area contributed by atoms with Crippen molar-refractivity contribution < 1.29 is 4.74 Å². The van der Waals surface area contributed by atoms with E-state index >= 15 is 0 Å². The maximum Gasteiger partial charge on any atom is 0.192 e. The third-order valence-corrected chi connectivity index (χ3v) is 6.48. The van der Waals surface area contributed by atoms with Gasteiger partial charge in [0.25, 0.3) is 0 Å². The number of benzene rings is 2. The van der Waals surface area contributed by atoms with Crippen molar-refractivity contribution in [2.24, 2.45) is 0 Å². The Morgan fingerprint density at radius 2 is 1.97 bits per heavy atom. The number of hydrogen-bond donors (Lipinski definition) is 0. The van der Waals surface area contributed by atoms with E-state index in [4.69, 9.17) is 9.72 Å². The fraction of sp³-hybridized carbons (Fsp3) is 0.174. The molecular weight excluding hydrogens is 412 g/mol. The van der Waals surface area contributed by atoms with Gasteiger partial charge in [0.05, 0.1) is 12.8 Å². The number of thioether (sulfide) groups is 1. The number of rotatable bonds is 8. The number of hydrogen-bond acceptors (Lipinski definition) is 6. The fourth-order valence-corrected chi connectivity index (χ4v) is 4.84. The molecule has 0 radical (unpaired) electrons. The summed E-state index contributed by atoms with van der Waals surface area (Å²) in [5.41, 5.74) is 4.38. The zero-order valence-corrected chi connectivity index (χ0v) is 18.5. The summed E-state index contributed by atoms with van der Waals surface area (Å²) in [5, 5.41) is 12.8. The van der Waals surface area contributed by atoms with Gasteiger partial charge in [-0.1, -0.05) is 41.6 Å². The summed E-state index contributed by atoms with van der Waals surface area (Å²) in [7, 11) is 1.67. The minimum atomic E-state index is 0.659. The van der Waals surface area contributed by atoms with E-state index in [1.54, 1.807) is 30.2 Å². The van der Waals surface area contributed by atoms with E-state index in [1.165, 1.54) is 5.56 Å². The molecule has 0 aliphatic carbocycles. The van der Waals surface area contributed by atoms with E-state index in [2.05, 4.69) is 51.8 Å². The smallest absolute Gasteiger partial charge is 0.192 e. The highest BCUT2D eigenvalue weighted by molar-refractivity contribution is 7.98. The highest BCUT2D eigenvalue weighted by atomic mass is 32.2. The van der Waals surface area contributed by atoms with Crippen molar-refractivity contribution in [1.29, 1.82) is 0 Å².